The molecule has 20 heavy (non-hydrogen) atoms. The number of nitrogens with zero attached hydrogens (tertiary/aromatic N) is 2. The number of rotatable bonds is 4. The van der Waals surface area contributed by atoms with Crippen LogP contribution in [0.25, 0.3) is 0 Å². The standard InChI is InChI=1S/C14H15ClN4S/c15-9-3-1-4-10(7-9)20-8-13-17-12-6-2-5-11(12)14(18-13)19-16/h1,3-4,7H,2,5-6,8,16H2,(H,17,18,19). The molecule has 1 aromatic heterocycles. The third-order valence-electron chi connectivity index (χ3n) is 3.28. The maximum atomic E-state index is 5.98. The molecular weight excluding hydrogens is 292 g/mol. The van der Waals surface area contributed by atoms with Crippen LogP contribution in [0.5, 0.6) is 0 Å². The van der Waals surface area contributed by atoms with Crippen LogP contribution in [0.15, 0.2) is 29.2 Å². The van der Waals surface area contributed by atoms with Crippen molar-refractivity contribution in [3.63, 3.8) is 0 Å². The number of hydrazine groups is 1. The Morgan fingerprint density at radius 2 is 2.20 bits per heavy atom. The molecular formula is C14H15ClN4S. The van der Waals surface area contributed by atoms with Gasteiger partial charge in [-0.2, -0.15) is 0 Å². The fraction of sp³-hybridized carbons (Fsp3) is 0.286. The predicted molar refractivity (Wildman–Crippen MR) is 82.9 cm³/mol. The van der Waals surface area contributed by atoms with Crippen molar-refractivity contribution in [3.05, 3.63) is 46.4 Å². The number of anilines is 1. The first-order valence-corrected chi connectivity index (χ1v) is 7.86. The zero-order valence-electron chi connectivity index (χ0n) is 10.9. The Kier molecular flexibility index (Phi) is 4.10. The van der Waals surface area contributed by atoms with Crippen molar-refractivity contribution < 1.29 is 0 Å². The minimum absolute atomic E-state index is 0.711. The molecule has 0 radical (unpaired) electrons. The number of fused-ring (bicyclic) bond motifs is 1. The van der Waals surface area contributed by atoms with Crippen LogP contribution < -0.4 is 11.3 Å². The third-order valence-corrected chi connectivity index (χ3v) is 4.51. The lowest BCUT2D eigenvalue weighted by molar-refractivity contribution is 0.893. The Labute approximate surface area is 127 Å². The summed E-state index contributed by atoms with van der Waals surface area (Å²) in [7, 11) is 0. The van der Waals surface area contributed by atoms with Gasteiger partial charge in [0.2, 0.25) is 0 Å². The van der Waals surface area contributed by atoms with Gasteiger partial charge in [-0.15, -0.1) is 11.8 Å². The van der Waals surface area contributed by atoms with Crippen molar-refractivity contribution in [1.82, 2.24) is 9.97 Å². The number of nitrogens with one attached hydrogen (secondary N) is 1. The second-order valence-electron chi connectivity index (χ2n) is 4.66. The highest BCUT2D eigenvalue weighted by Crippen LogP contribution is 2.28. The molecule has 0 fully saturated rings. The van der Waals surface area contributed by atoms with E-state index in [0.29, 0.717) is 5.75 Å². The number of nitrogen functional groups attached to an aromatic ring is 1. The number of aromatic nitrogens is 2. The molecule has 0 atom stereocenters. The first-order valence-electron chi connectivity index (χ1n) is 6.50. The highest BCUT2D eigenvalue weighted by atomic mass is 35.5. The van der Waals surface area contributed by atoms with Crippen LogP contribution in [-0.4, -0.2) is 9.97 Å². The molecule has 3 N–H and O–H groups in total. The first kappa shape index (κ1) is 13.7. The summed E-state index contributed by atoms with van der Waals surface area (Å²) in [6.45, 7) is 0. The Hall–Kier alpha value is -1.30. The summed E-state index contributed by atoms with van der Waals surface area (Å²) >= 11 is 7.65. The second kappa shape index (κ2) is 5.99. The molecule has 1 aliphatic carbocycles. The van der Waals surface area contributed by atoms with Crippen LogP contribution in [0.1, 0.15) is 23.5 Å². The maximum Gasteiger partial charge on any atom is 0.147 e. The van der Waals surface area contributed by atoms with E-state index in [9.17, 15) is 0 Å². The molecule has 1 aliphatic rings. The Balaban J connectivity index is 1.78. The quantitative estimate of drug-likeness (QED) is 0.516. The summed E-state index contributed by atoms with van der Waals surface area (Å²) < 4.78 is 0. The van der Waals surface area contributed by atoms with Crippen molar-refractivity contribution >= 4 is 29.2 Å². The molecule has 4 nitrogen and oxygen atoms in total. The van der Waals surface area contributed by atoms with Gasteiger partial charge in [0, 0.05) is 21.2 Å². The lowest BCUT2D eigenvalue weighted by Gasteiger charge is -2.09. The molecule has 0 aliphatic heterocycles. The van der Waals surface area contributed by atoms with Gasteiger partial charge in [-0.3, -0.25) is 0 Å². The lowest BCUT2D eigenvalue weighted by Crippen LogP contribution is -2.13. The highest BCUT2D eigenvalue weighted by molar-refractivity contribution is 7.98. The highest BCUT2D eigenvalue weighted by Gasteiger charge is 2.18. The number of nitrogens with two attached hydrogens (primary N) is 1. The van der Waals surface area contributed by atoms with E-state index >= 15 is 0 Å². The van der Waals surface area contributed by atoms with E-state index in [1.807, 2.05) is 24.3 Å². The second-order valence-corrected chi connectivity index (χ2v) is 6.14. The van der Waals surface area contributed by atoms with E-state index in [2.05, 4.69) is 15.4 Å². The Bertz CT molecular complexity index is 633. The van der Waals surface area contributed by atoms with Gasteiger partial charge in [-0.25, -0.2) is 15.8 Å². The summed E-state index contributed by atoms with van der Waals surface area (Å²) in [5, 5.41) is 0.745. The van der Waals surface area contributed by atoms with Gasteiger partial charge >= 0.3 is 0 Å². The van der Waals surface area contributed by atoms with Crippen molar-refractivity contribution in [2.24, 2.45) is 5.84 Å². The van der Waals surface area contributed by atoms with E-state index < -0.39 is 0 Å². The average molecular weight is 307 g/mol. The number of aryl methyl sites for hydroxylation is 1. The van der Waals surface area contributed by atoms with E-state index in [0.717, 1.165) is 46.5 Å². The van der Waals surface area contributed by atoms with Crippen LogP contribution in [-0.2, 0) is 18.6 Å². The average Bonchev–Trinajstić information content (AvgIpc) is 2.92. The van der Waals surface area contributed by atoms with Crippen molar-refractivity contribution in [2.45, 2.75) is 29.9 Å². The molecule has 0 amide bonds. The predicted octanol–water partition coefficient (Wildman–Crippen LogP) is 3.20. The largest absolute Gasteiger partial charge is 0.308 e. The number of halogens is 1. The van der Waals surface area contributed by atoms with Crippen LogP contribution in [0.3, 0.4) is 0 Å². The van der Waals surface area contributed by atoms with Crippen LogP contribution in [0.4, 0.5) is 5.82 Å². The van der Waals surface area contributed by atoms with Gasteiger partial charge in [-0.1, -0.05) is 17.7 Å². The van der Waals surface area contributed by atoms with Crippen LogP contribution in [0.2, 0.25) is 5.02 Å². The van der Waals surface area contributed by atoms with E-state index in [-0.39, 0.29) is 0 Å². The van der Waals surface area contributed by atoms with Crippen molar-refractivity contribution in [2.75, 3.05) is 5.43 Å². The van der Waals surface area contributed by atoms with Gasteiger partial charge in [0.05, 0.1) is 5.75 Å². The molecule has 2 aromatic rings. The van der Waals surface area contributed by atoms with Crippen molar-refractivity contribution in [3.8, 4) is 0 Å². The summed E-state index contributed by atoms with van der Waals surface area (Å²) in [4.78, 5) is 10.3. The van der Waals surface area contributed by atoms with E-state index in [4.69, 9.17) is 17.4 Å². The lowest BCUT2D eigenvalue weighted by atomic mass is 10.2. The number of benzene rings is 1. The smallest absolute Gasteiger partial charge is 0.147 e. The monoisotopic (exact) mass is 306 g/mol. The van der Waals surface area contributed by atoms with E-state index in [1.54, 1.807) is 11.8 Å². The number of thioether (sulfide) groups is 1. The van der Waals surface area contributed by atoms with Gasteiger partial charge in [0.25, 0.3) is 0 Å². The summed E-state index contributed by atoms with van der Waals surface area (Å²) in [6, 6.07) is 7.79. The molecule has 0 bridgehead atoms. The molecule has 104 valence electrons. The Morgan fingerprint density at radius 1 is 1.30 bits per heavy atom. The Morgan fingerprint density at radius 3 is 3.00 bits per heavy atom. The molecule has 6 heteroatoms. The number of hydrogen-bond acceptors (Lipinski definition) is 5. The normalized spacial score (nSPS) is 13.3. The minimum atomic E-state index is 0.711. The molecule has 0 spiro atoms. The van der Waals surface area contributed by atoms with Gasteiger partial charge < -0.3 is 5.43 Å². The van der Waals surface area contributed by atoms with E-state index in [1.165, 1.54) is 5.56 Å². The van der Waals surface area contributed by atoms with Crippen LogP contribution in [0, 0.1) is 0 Å². The number of hydrogen-bond donors (Lipinski definition) is 2. The minimum Gasteiger partial charge on any atom is -0.308 e. The molecule has 3 rings (SSSR count). The fourth-order valence-corrected chi connectivity index (χ4v) is 3.44. The topological polar surface area (TPSA) is 63.8 Å². The summed E-state index contributed by atoms with van der Waals surface area (Å²) in [5.41, 5.74) is 5.00. The zero-order valence-corrected chi connectivity index (χ0v) is 12.5. The van der Waals surface area contributed by atoms with Gasteiger partial charge in [-0.05, 0) is 37.5 Å². The third kappa shape index (κ3) is 2.90. The first-order chi connectivity index (χ1) is 9.76. The van der Waals surface area contributed by atoms with Gasteiger partial charge in [0.15, 0.2) is 0 Å². The zero-order chi connectivity index (χ0) is 13.9. The fourth-order valence-electron chi connectivity index (χ4n) is 2.37. The molecule has 0 saturated carbocycles. The van der Waals surface area contributed by atoms with Gasteiger partial charge in [0.1, 0.15) is 11.6 Å². The molecule has 0 saturated heterocycles. The van der Waals surface area contributed by atoms with Crippen molar-refractivity contribution in [1.29, 1.82) is 0 Å². The SMILES string of the molecule is NNc1nc(CSc2cccc(Cl)c2)nc2c1CCC2. The molecule has 1 aromatic carbocycles. The summed E-state index contributed by atoms with van der Waals surface area (Å²) in [5.74, 6) is 7.85. The molecule has 1 heterocycles. The van der Waals surface area contributed by atoms with Crippen LogP contribution >= 0.6 is 23.4 Å². The maximum absolute atomic E-state index is 5.98. The molecule has 0 unspecified atom stereocenters. The summed E-state index contributed by atoms with van der Waals surface area (Å²) in [6.07, 6.45) is 3.15.